The number of methoxy groups -OCH3 is 2. The maximum atomic E-state index is 12.3. The number of nitrogens with zero attached hydrogens (tertiary/aromatic N) is 2. The number of amides is 1. The van der Waals surface area contributed by atoms with E-state index in [0.717, 1.165) is 39.1 Å². The van der Waals surface area contributed by atoms with Crippen LogP contribution in [0.4, 0.5) is 0 Å². The highest BCUT2D eigenvalue weighted by molar-refractivity contribution is 6.14. The Morgan fingerprint density at radius 3 is 2.61 bits per heavy atom. The molecule has 4 rings (SSSR count). The van der Waals surface area contributed by atoms with Crippen LogP contribution in [0.15, 0.2) is 65.8 Å². The Kier molecular flexibility index (Phi) is 4.74. The Morgan fingerprint density at radius 1 is 1.04 bits per heavy atom. The summed E-state index contributed by atoms with van der Waals surface area (Å²) in [6.07, 6.45) is 0.608. The maximum absolute atomic E-state index is 12.3. The first-order chi connectivity index (χ1) is 13.6. The molecule has 1 amide bonds. The number of fused-ring (bicyclic) bond motifs is 1. The minimum absolute atomic E-state index is 0.0953. The van der Waals surface area contributed by atoms with Crippen LogP contribution in [0, 0.1) is 0 Å². The normalized spacial score (nSPS) is 16.2. The average Bonchev–Trinajstić information content (AvgIpc) is 3.18. The molecule has 1 heterocycles. The second-order valence-electron chi connectivity index (χ2n) is 6.77. The minimum Gasteiger partial charge on any atom is -0.497 e. The summed E-state index contributed by atoms with van der Waals surface area (Å²) in [7, 11) is 3.30. The molecule has 1 atom stereocenters. The maximum Gasteiger partial charge on any atom is 0.240 e. The van der Waals surface area contributed by atoms with Gasteiger partial charge in [0.05, 0.1) is 26.0 Å². The van der Waals surface area contributed by atoms with E-state index in [1.807, 2.05) is 48.5 Å². The number of ether oxygens (including phenoxy) is 2. The highest BCUT2D eigenvalue weighted by Crippen LogP contribution is 2.38. The number of hydrazone groups is 1. The summed E-state index contributed by atoms with van der Waals surface area (Å²) in [5.41, 5.74) is 2.78. The Bertz CT molecular complexity index is 1070. The van der Waals surface area contributed by atoms with Gasteiger partial charge in [-0.1, -0.05) is 42.5 Å². The molecule has 0 aromatic heterocycles. The molecule has 3 aromatic carbocycles. The molecular formula is C23H22N2O3. The number of carbonyl (C=O) groups is 1. The van der Waals surface area contributed by atoms with Crippen LogP contribution in [-0.2, 0) is 4.79 Å². The van der Waals surface area contributed by atoms with Crippen LogP contribution in [0.2, 0.25) is 0 Å². The van der Waals surface area contributed by atoms with Gasteiger partial charge in [-0.25, -0.2) is 5.01 Å². The van der Waals surface area contributed by atoms with Gasteiger partial charge in [0, 0.05) is 18.9 Å². The Hall–Kier alpha value is -3.34. The van der Waals surface area contributed by atoms with Crippen LogP contribution in [0.25, 0.3) is 10.8 Å². The number of hydrogen-bond donors (Lipinski definition) is 0. The quantitative estimate of drug-likeness (QED) is 0.673. The molecule has 0 saturated carbocycles. The van der Waals surface area contributed by atoms with E-state index < -0.39 is 0 Å². The number of rotatable bonds is 4. The van der Waals surface area contributed by atoms with Crippen LogP contribution in [0.5, 0.6) is 11.5 Å². The SMILES string of the molecule is COc1cccc([C@H]2CC(c3c(OC)ccc4ccccc34)=NN2C(C)=O)c1. The number of benzene rings is 3. The van der Waals surface area contributed by atoms with Gasteiger partial charge in [-0.15, -0.1) is 0 Å². The van der Waals surface area contributed by atoms with Gasteiger partial charge in [0.25, 0.3) is 0 Å². The third-order valence-corrected chi connectivity index (χ3v) is 5.11. The predicted molar refractivity (Wildman–Crippen MR) is 110 cm³/mol. The van der Waals surface area contributed by atoms with Gasteiger partial charge in [-0.05, 0) is 34.5 Å². The molecular weight excluding hydrogens is 352 g/mol. The molecule has 0 N–H and O–H groups in total. The zero-order valence-electron chi connectivity index (χ0n) is 16.2. The van der Waals surface area contributed by atoms with Crippen LogP contribution in [-0.4, -0.2) is 30.8 Å². The van der Waals surface area contributed by atoms with E-state index in [0.29, 0.717) is 6.42 Å². The molecule has 1 aliphatic rings. The zero-order chi connectivity index (χ0) is 19.7. The minimum atomic E-state index is -0.175. The van der Waals surface area contributed by atoms with Gasteiger partial charge < -0.3 is 9.47 Å². The van der Waals surface area contributed by atoms with Crippen molar-refractivity contribution < 1.29 is 14.3 Å². The molecule has 0 spiro atoms. The van der Waals surface area contributed by atoms with E-state index in [1.165, 1.54) is 0 Å². The molecule has 0 saturated heterocycles. The van der Waals surface area contributed by atoms with Crippen molar-refractivity contribution in [3.63, 3.8) is 0 Å². The van der Waals surface area contributed by atoms with E-state index in [-0.39, 0.29) is 11.9 Å². The highest BCUT2D eigenvalue weighted by Gasteiger charge is 2.33. The van der Waals surface area contributed by atoms with Gasteiger partial charge in [0.1, 0.15) is 11.5 Å². The summed E-state index contributed by atoms with van der Waals surface area (Å²) in [6.45, 7) is 1.54. The second-order valence-corrected chi connectivity index (χ2v) is 6.77. The van der Waals surface area contributed by atoms with E-state index >= 15 is 0 Å². The molecule has 1 aliphatic heterocycles. The zero-order valence-corrected chi connectivity index (χ0v) is 16.2. The molecule has 5 heteroatoms. The first-order valence-corrected chi connectivity index (χ1v) is 9.19. The van der Waals surface area contributed by atoms with Crippen LogP contribution < -0.4 is 9.47 Å². The number of hydrogen-bond acceptors (Lipinski definition) is 4. The fraction of sp³-hybridized carbons (Fsp3) is 0.217. The Balaban J connectivity index is 1.82. The van der Waals surface area contributed by atoms with Gasteiger partial charge in [-0.3, -0.25) is 4.79 Å². The second kappa shape index (κ2) is 7.35. The van der Waals surface area contributed by atoms with Crippen molar-refractivity contribution in [3.8, 4) is 11.5 Å². The van der Waals surface area contributed by atoms with Gasteiger partial charge >= 0.3 is 0 Å². The first kappa shape index (κ1) is 18.0. The molecule has 0 unspecified atom stereocenters. The van der Waals surface area contributed by atoms with Crippen molar-refractivity contribution in [3.05, 3.63) is 71.8 Å². The van der Waals surface area contributed by atoms with Crippen LogP contribution in [0.3, 0.4) is 0 Å². The fourth-order valence-corrected chi connectivity index (χ4v) is 3.78. The number of carbonyl (C=O) groups excluding carboxylic acids is 1. The average molecular weight is 374 g/mol. The van der Waals surface area contributed by atoms with Gasteiger partial charge in [0.15, 0.2) is 0 Å². The Morgan fingerprint density at radius 2 is 1.86 bits per heavy atom. The summed E-state index contributed by atoms with van der Waals surface area (Å²) in [5.74, 6) is 1.42. The lowest BCUT2D eigenvalue weighted by molar-refractivity contribution is -0.130. The lowest BCUT2D eigenvalue weighted by Gasteiger charge is -2.20. The lowest BCUT2D eigenvalue weighted by Crippen LogP contribution is -2.24. The van der Waals surface area contributed by atoms with Crippen molar-refractivity contribution in [2.75, 3.05) is 14.2 Å². The lowest BCUT2D eigenvalue weighted by atomic mass is 9.94. The molecule has 0 aliphatic carbocycles. The highest BCUT2D eigenvalue weighted by atomic mass is 16.5. The fourth-order valence-electron chi connectivity index (χ4n) is 3.78. The van der Waals surface area contributed by atoms with Crippen molar-refractivity contribution >= 4 is 22.4 Å². The third-order valence-electron chi connectivity index (χ3n) is 5.11. The van der Waals surface area contributed by atoms with Crippen molar-refractivity contribution in [2.45, 2.75) is 19.4 Å². The summed E-state index contributed by atoms with van der Waals surface area (Å²) in [6, 6.07) is 19.7. The molecule has 0 radical (unpaired) electrons. The van der Waals surface area contributed by atoms with E-state index in [9.17, 15) is 4.79 Å². The van der Waals surface area contributed by atoms with Gasteiger partial charge in [0.2, 0.25) is 5.91 Å². The molecule has 0 bridgehead atoms. The van der Waals surface area contributed by atoms with E-state index in [2.05, 4.69) is 12.1 Å². The molecule has 142 valence electrons. The summed E-state index contributed by atoms with van der Waals surface area (Å²) < 4.78 is 11.0. The van der Waals surface area contributed by atoms with Gasteiger partial charge in [-0.2, -0.15) is 5.10 Å². The summed E-state index contributed by atoms with van der Waals surface area (Å²) >= 11 is 0. The smallest absolute Gasteiger partial charge is 0.240 e. The third kappa shape index (κ3) is 3.09. The first-order valence-electron chi connectivity index (χ1n) is 9.19. The topological polar surface area (TPSA) is 51.1 Å². The Labute approximate surface area is 164 Å². The monoisotopic (exact) mass is 374 g/mol. The molecule has 28 heavy (non-hydrogen) atoms. The summed E-state index contributed by atoms with van der Waals surface area (Å²) in [5, 5.41) is 8.45. The molecule has 0 fully saturated rings. The van der Waals surface area contributed by atoms with E-state index in [1.54, 1.807) is 26.2 Å². The predicted octanol–water partition coefficient (Wildman–Crippen LogP) is 4.55. The van der Waals surface area contributed by atoms with E-state index in [4.69, 9.17) is 14.6 Å². The van der Waals surface area contributed by atoms with Crippen molar-refractivity contribution in [2.24, 2.45) is 5.10 Å². The van der Waals surface area contributed by atoms with Crippen molar-refractivity contribution in [1.29, 1.82) is 0 Å². The molecule has 5 nitrogen and oxygen atoms in total. The largest absolute Gasteiger partial charge is 0.497 e. The van der Waals surface area contributed by atoms with Crippen molar-refractivity contribution in [1.82, 2.24) is 5.01 Å². The molecule has 3 aromatic rings. The van der Waals surface area contributed by atoms with Crippen LogP contribution in [0.1, 0.15) is 30.5 Å². The standard InChI is InChI=1S/C23H22N2O3/c1-15(26)25-21(17-8-6-9-18(13-17)27-2)14-20(24-25)23-19-10-5-4-7-16(19)11-12-22(23)28-3/h4-13,21H,14H2,1-3H3/t21-/m1/s1. The summed E-state index contributed by atoms with van der Waals surface area (Å²) in [4.78, 5) is 12.3. The van der Waals surface area contributed by atoms with Crippen LogP contribution >= 0.6 is 0 Å².